The van der Waals surface area contributed by atoms with E-state index in [1.54, 1.807) is 6.07 Å². The Morgan fingerprint density at radius 2 is 1.76 bits per heavy atom. The van der Waals surface area contributed by atoms with Gasteiger partial charge in [0.15, 0.2) is 0 Å². The summed E-state index contributed by atoms with van der Waals surface area (Å²) >= 11 is 0. The second-order valence-corrected chi connectivity index (χ2v) is 11.1. The number of ether oxygens (including phenoxy) is 1. The van der Waals surface area contributed by atoms with Gasteiger partial charge < -0.3 is 9.64 Å². The van der Waals surface area contributed by atoms with Gasteiger partial charge in [0, 0.05) is 31.6 Å². The Kier molecular flexibility index (Phi) is 6.99. The molecule has 3 amide bonds. The Labute approximate surface area is 201 Å². The third-order valence-corrected chi connectivity index (χ3v) is 7.48. The lowest BCUT2D eigenvalue weighted by Crippen LogP contribution is -2.49. The van der Waals surface area contributed by atoms with E-state index >= 15 is 0 Å². The van der Waals surface area contributed by atoms with E-state index in [4.69, 9.17) is 4.74 Å². The van der Waals surface area contributed by atoms with Gasteiger partial charge in [0.25, 0.3) is 0 Å². The summed E-state index contributed by atoms with van der Waals surface area (Å²) in [5.41, 5.74) is 1.06. The zero-order chi connectivity index (χ0) is 24.5. The highest BCUT2D eigenvalue weighted by atomic mass is 19.1. The quantitative estimate of drug-likeness (QED) is 0.673. The van der Waals surface area contributed by atoms with Gasteiger partial charge in [0.05, 0.1) is 5.92 Å². The first-order valence-corrected chi connectivity index (χ1v) is 12.4. The maximum Gasteiger partial charge on any atom is 0.410 e. The number of nitrogens with zero attached hydrogens (tertiary/aromatic N) is 2. The highest BCUT2D eigenvalue weighted by molar-refractivity contribution is 6.00. The van der Waals surface area contributed by atoms with Gasteiger partial charge >= 0.3 is 6.09 Å². The molecule has 3 aliphatic heterocycles. The third kappa shape index (κ3) is 5.77. The van der Waals surface area contributed by atoms with Crippen LogP contribution in [0.25, 0.3) is 0 Å². The van der Waals surface area contributed by atoms with Crippen molar-refractivity contribution in [2.75, 3.05) is 26.2 Å². The molecule has 1 unspecified atom stereocenters. The highest BCUT2D eigenvalue weighted by Gasteiger charge is 2.39. The predicted molar refractivity (Wildman–Crippen MR) is 126 cm³/mol. The van der Waals surface area contributed by atoms with Gasteiger partial charge in [-0.3, -0.25) is 19.8 Å². The number of amides is 3. The lowest BCUT2D eigenvalue weighted by molar-refractivity contribution is -0.134. The minimum atomic E-state index is -0.604. The predicted octanol–water partition coefficient (Wildman–Crippen LogP) is 3.96. The van der Waals surface area contributed by atoms with Crippen LogP contribution in [0.15, 0.2) is 18.2 Å². The van der Waals surface area contributed by atoms with Crippen LogP contribution in [0.2, 0.25) is 0 Å². The van der Waals surface area contributed by atoms with E-state index in [9.17, 15) is 18.8 Å². The van der Waals surface area contributed by atoms with Crippen molar-refractivity contribution >= 4 is 17.9 Å². The fourth-order valence-corrected chi connectivity index (χ4v) is 5.38. The molecule has 0 radical (unpaired) electrons. The van der Waals surface area contributed by atoms with Crippen molar-refractivity contribution in [3.63, 3.8) is 0 Å². The zero-order valence-corrected chi connectivity index (χ0v) is 20.5. The Morgan fingerprint density at radius 3 is 2.35 bits per heavy atom. The number of hydrogen-bond donors (Lipinski definition) is 1. The molecule has 0 aliphatic carbocycles. The summed E-state index contributed by atoms with van der Waals surface area (Å²) in [6.07, 6.45) is 4.51. The molecule has 4 rings (SSSR count). The molecule has 7 nitrogen and oxygen atoms in total. The Morgan fingerprint density at radius 1 is 1.12 bits per heavy atom. The van der Waals surface area contributed by atoms with Crippen LogP contribution in [0.5, 0.6) is 0 Å². The molecule has 3 aliphatic rings. The van der Waals surface area contributed by atoms with Gasteiger partial charge in [-0.15, -0.1) is 0 Å². The fraction of sp³-hybridized carbons (Fsp3) is 0.654. The zero-order valence-electron chi connectivity index (χ0n) is 20.5. The molecule has 3 heterocycles. The number of halogens is 1. The molecular weight excluding hydrogens is 437 g/mol. The SMILES string of the molecule is CC(C)(C)OC(=O)N1CCC2(CCN(Cc3ccc(C4CCC(=O)NC4=O)c(F)c3)CC2)CC1. The van der Waals surface area contributed by atoms with E-state index in [2.05, 4.69) is 10.2 Å². The van der Waals surface area contributed by atoms with Gasteiger partial charge in [-0.05, 0) is 83.0 Å². The van der Waals surface area contributed by atoms with E-state index < -0.39 is 17.4 Å². The van der Waals surface area contributed by atoms with Crippen molar-refractivity contribution in [1.82, 2.24) is 15.1 Å². The van der Waals surface area contributed by atoms with Crippen LogP contribution in [-0.2, 0) is 20.9 Å². The summed E-state index contributed by atoms with van der Waals surface area (Å²) < 4.78 is 20.3. The summed E-state index contributed by atoms with van der Waals surface area (Å²) in [7, 11) is 0. The van der Waals surface area contributed by atoms with Crippen molar-refractivity contribution in [2.45, 2.75) is 77.4 Å². The minimum absolute atomic E-state index is 0.220. The van der Waals surface area contributed by atoms with Crippen molar-refractivity contribution in [3.8, 4) is 0 Å². The fourth-order valence-electron chi connectivity index (χ4n) is 5.38. The molecule has 1 N–H and O–H groups in total. The van der Waals surface area contributed by atoms with Gasteiger partial charge in [-0.25, -0.2) is 9.18 Å². The number of carbonyl (C=O) groups excluding carboxylic acids is 3. The maximum absolute atomic E-state index is 14.8. The summed E-state index contributed by atoms with van der Waals surface area (Å²) in [5, 5.41) is 2.30. The van der Waals surface area contributed by atoms with Gasteiger partial charge in [0.2, 0.25) is 11.8 Å². The molecule has 0 bridgehead atoms. The number of carbonyl (C=O) groups is 3. The molecule has 3 saturated heterocycles. The van der Waals surface area contributed by atoms with E-state index in [1.807, 2.05) is 31.7 Å². The normalized spacial score (nSPS) is 23.6. The number of piperidine rings is 3. The summed E-state index contributed by atoms with van der Waals surface area (Å²) in [6, 6.07) is 5.12. The van der Waals surface area contributed by atoms with Crippen LogP contribution in [0.3, 0.4) is 0 Å². The topological polar surface area (TPSA) is 79.0 Å². The lowest BCUT2D eigenvalue weighted by atomic mass is 9.71. The van der Waals surface area contributed by atoms with Crippen LogP contribution < -0.4 is 5.32 Å². The molecule has 1 aromatic rings. The van der Waals surface area contributed by atoms with Crippen molar-refractivity contribution < 1.29 is 23.5 Å². The number of hydrogen-bond acceptors (Lipinski definition) is 5. The second kappa shape index (κ2) is 9.64. The van der Waals surface area contributed by atoms with Crippen molar-refractivity contribution in [3.05, 3.63) is 35.1 Å². The number of likely N-dealkylation sites (tertiary alicyclic amines) is 2. The number of rotatable bonds is 3. The Balaban J connectivity index is 1.28. The smallest absolute Gasteiger partial charge is 0.410 e. The van der Waals surface area contributed by atoms with Crippen LogP contribution in [-0.4, -0.2) is 59.5 Å². The first-order valence-electron chi connectivity index (χ1n) is 12.4. The van der Waals surface area contributed by atoms with E-state index in [1.165, 1.54) is 6.07 Å². The molecule has 0 aromatic heterocycles. The number of nitrogens with one attached hydrogen (secondary N) is 1. The monoisotopic (exact) mass is 473 g/mol. The van der Waals surface area contributed by atoms with E-state index in [-0.39, 0.29) is 29.7 Å². The molecule has 1 aromatic carbocycles. The molecule has 1 atom stereocenters. The first kappa shape index (κ1) is 24.6. The molecule has 1 spiro atoms. The van der Waals surface area contributed by atoms with E-state index in [0.717, 1.165) is 57.4 Å². The van der Waals surface area contributed by atoms with Crippen LogP contribution >= 0.6 is 0 Å². The van der Waals surface area contributed by atoms with E-state index in [0.29, 0.717) is 18.5 Å². The standard InChI is InChI=1S/C26H36FN3O4/c1-25(2,3)34-24(33)30-14-10-26(11-15-30)8-12-29(13-9-26)17-18-4-5-19(21(27)16-18)20-6-7-22(31)28-23(20)32/h4-5,16,20H,6-15,17H2,1-3H3,(H,28,31,32). The van der Waals surface area contributed by atoms with Crippen LogP contribution in [0.1, 0.15) is 76.3 Å². The molecule has 186 valence electrons. The largest absolute Gasteiger partial charge is 0.444 e. The second-order valence-electron chi connectivity index (χ2n) is 11.1. The Bertz CT molecular complexity index is 940. The summed E-state index contributed by atoms with van der Waals surface area (Å²) in [5.74, 6) is -1.69. The molecule has 3 fully saturated rings. The number of imide groups is 1. The van der Waals surface area contributed by atoms with Crippen LogP contribution in [0, 0.1) is 11.2 Å². The maximum atomic E-state index is 14.8. The first-order chi connectivity index (χ1) is 16.0. The molecule has 34 heavy (non-hydrogen) atoms. The summed E-state index contributed by atoms with van der Waals surface area (Å²) in [6.45, 7) is 9.71. The Hall–Kier alpha value is -2.48. The van der Waals surface area contributed by atoms with Gasteiger partial charge in [-0.2, -0.15) is 0 Å². The molecule has 0 saturated carbocycles. The summed E-state index contributed by atoms with van der Waals surface area (Å²) in [4.78, 5) is 40.0. The minimum Gasteiger partial charge on any atom is -0.444 e. The third-order valence-electron chi connectivity index (χ3n) is 7.48. The molecule has 8 heteroatoms. The van der Waals surface area contributed by atoms with Crippen molar-refractivity contribution in [2.24, 2.45) is 5.41 Å². The van der Waals surface area contributed by atoms with Gasteiger partial charge in [0.1, 0.15) is 11.4 Å². The molecular formula is C26H36FN3O4. The highest BCUT2D eigenvalue weighted by Crippen LogP contribution is 2.41. The van der Waals surface area contributed by atoms with Gasteiger partial charge in [-0.1, -0.05) is 12.1 Å². The lowest BCUT2D eigenvalue weighted by Gasteiger charge is -2.46. The van der Waals surface area contributed by atoms with Crippen LogP contribution in [0.4, 0.5) is 9.18 Å². The average molecular weight is 474 g/mol. The number of benzene rings is 1. The average Bonchev–Trinajstić information content (AvgIpc) is 2.76. The van der Waals surface area contributed by atoms with Crippen molar-refractivity contribution in [1.29, 1.82) is 0 Å².